The van der Waals surface area contributed by atoms with E-state index in [2.05, 4.69) is 4.98 Å². The molecule has 1 fully saturated rings. The average Bonchev–Trinajstić information content (AvgIpc) is 2.70. The van der Waals surface area contributed by atoms with Crippen LogP contribution in [-0.4, -0.2) is 66.2 Å². The molecule has 1 aromatic rings. The van der Waals surface area contributed by atoms with Gasteiger partial charge in [-0.15, -0.1) is 0 Å². The number of carbonyl (C=O) groups excluding carboxylic acids is 4. The second-order valence-electron chi connectivity index (χ2n) is 6.84. The van der Waals surface area contributed by atoms with Crippen LogP contribution in [0.15, 0.2) is 0 Å². The summed E-state index contributed by atoms with van der Waals surface area (Å²) in [5.41, 5.74) is 0. The van der Waals surface area contributed by atoms with Crippen molar-refractivity contribution < 1.29 is 65.2 Å². The zero-order valence-electron chi connectivity index (χ0n) is 18.1. The summed E-state index contributed by atoms with van der Waals surface area (Å²) in [6, 6.07) is 0. The van der Waals surface area contributed by atoms with Crippen molar-refractivity contribution in [3.05, 3.63) is 23.5 Å². The van der Waals surface area contributed by atoms with Crippen molar-refractivity contribution in [2.24, 2.45) is 0 Å². The summed E-state index contributed by atoms with van der Waals surface area (Å²) >= 11 is 0. The molecular weight excluding hydrogens is 478 g/mol. The summed E-state index contributed by atoms with van der Waals surface area (Å²) in [4.78, 5) is 48.8. The zero-order valence-corrected chi connectivity index (χ0v) is 18.1. The lowest BCUT2D eigenvalue weighted by molar-refractivity contribution is -0.298. The normalized spacial score (nSPS) is 24.1. The Morgan fingerprint density at radius 1 is 0.735 bits per heavy atom. The van der Waals surface area contributed by atoms with Crippen LogP contribution in [-0.2, 0) is 42.9 Å². The highest BCUT2D eigenvalue weighted by Crippen LogP contribution is 2.31. The van der Waals surface area contributed by atoms with Gasteiger partial charge in [-0.05, 0) is 0 Å². The molecule has 0 amide bonds. The smallest absolute Gasteiger partial charge is 0.305 e. The minimum atomic E-state index is -2.00. The van der Waals surface area contributed by atoms with Gasteiger partial charge in [-0.2, -0.15) is 22.5 Å². The van der Waals surface area contributed by atoms with E-state index in [1.165, 1.54) is 0 Å². The van der Waals surface area contributed by atoms with Gasteiger partial charge in [0.2, 0.25) is 29.8 Å². The van der Waals surface area contributed by atoms with Crippen molar-refractivity contribution in [2.45, 2.75) is 58.4 Å². The average molecular weight is 497 g/mol. The van der Waals surface area contributed by atoms with Gasteiger partial charge in [-0.1, -0.05) is 0 Å². The van der Waals surface area contributed by atoms with E-state index in [9.17, 15) is 36.7 Å². The van der Waals surface area contributed by atoms with Crippen LogP contribution < -0.4 is 4.74 Å². The summed E-state index contributed by atoms with van der Waals surface area (Å²) in [5, 5.41) is 0. The lowest BCUT2D eigenvalue weighted by atomic mass is 9.98. The molecule has 0 spiro atoms. The van der Waals surface area contributed by atoms with Gasteiger partial charge in [-0.3, -0.25) is 19.2 Å². The highest BCUT2D eigenvalue weighted by molar-refractivity contribution is 5.69. The van der Waals surface area contributed by atoms with E-state index in [0.29, 0.717) is 0 Å². The van der Waals surface area contributed by atoms with Crippen molar-refractivity contribution in [2.75, 3.05) is 6.61 Å². The van der Waals surface area contributed by atoms with Crippen molar-refractivity contribution in [1.29, 1.82) is 0 Å². The summed E-state index contributed by atoms with van der Waals surface area (Å²) in [6.07, 6.45) is -8.35. The van der Waals surface area contributed by atoms with Crippen molar-refractivity contribution in [1.82, 2.24) is 4.98 Å². The molecule has 0 aromatic carbocycles. The van der Waals surface area contributed by atoms with E-state index >= 15 is 0 Å². The molecular formula is C19H19F4NO10. The van der Waals surface area contributed by atoms with E-state index in [4.69, 9.17) is 28.4 Å². The quantitative estimate of drug-likeness (QED) is 0.232. The molecule has 11 nitrogen and oxygen atoms in total. The maximum absolute atomic E-state index is 13.9. The molecule has 0 aliphatic carbocycles. The number of rotatable bonds is 7. The molecule has 188 valence electrons. The number of hydrogen-bond donors (Lipinski definition) is 0. The van der Waals surface area contributed by atoms with Gasteiger partial charge >= 0.3 is 23.9 Å². The fourth-order valence-electron chi connectivity index (χ4n) is 3.01. The van der Waals surface area contributed by atoms with Crippen molar-refractivity contribution >= 4 is 23.9 Å². The number of aromatic nitrogens is 1. The largest absolute Gasteiger partial charge is 0.484 e. The Morgan fingerprint density at radius 3 is 1.65 bits per heavy atom. The molecule has 34 heavy (non-hydrogen) atoms. The first kappa shape index (κ1) is 26.8. The number of halogens is 4. The predicted molar refractivity (Wildman–Crippen MR) is 96.7 cm³/mol. The monoisotopic (exact) mass is 497 g/mol. The van der Waals surface area contributed by atoms with Crippen LogP contribution in [0.1, 0.15) is 27.7 Å². The topological polar surface area (TPSA) is 137 Å². The molecule has 0 bridgehead atoms. The van der Waals surface area contributed by atoms with Gasteiger partial charge in [-0.25, -0.2) is 0 Å². The van der Waals surface area contributed by atoms with Crippen molar-refractivity contribution in [3.8, 4) is 5.75 Å². The molecule has 0 N–H and O–H groups in total. The minimum Gasteiger partial charge on any atom is -0.484 e. The Kier molecular flexibility index (Phi) is 8.73. The Balaban J connectivity index is 2.47. The molecule has 1 aromatic heterocycles. The number of ether oxygens (including phenoxy) is 6. The summed E-state index contributed by atoms with van der Waals surface area (Å²) in [5.74, 6) is -13.2. The second-order valence-corrected chi connectivity index (χ2v) is 6.84. The van der Waals surface area contributed by atoms with E-state index in [1.807, 2.05) is 0 Å². The van der Waals surface area contributed by atoms with Crippen molar-refractivity contribution in [3.63, 3.8) is 0 Å². The Bertz CT molecular complexity index is 949. The third-order valence-electron chi connectivity index (χ3n) is 4.13. The molecule has 2 rings (SSSR count). The Morgan fingerprint density at radius 2 is 1.18 bits per heavy atom. The number of pyridine rings is 1. The highest BCUT2D eigenvalue weighted by atomic mass is 19.2. The summed E-state index contributed by atoms with van der Waals surface area (Å²) in [6.45, 7) is 2.88. The molecule has 0 saturated carbocycles. The molecule has 2 heterocycles. The van der Waals surface area contributed by atoms with Crippen LogP contribution in [0.3, 0.4) is 0 Å². The van der Waals surface area contributed by atoms with E-state index < -0.39 is 90.5 Å². The van der Waals surface area contributed by atoms with Gasteiger partial charge in [0.05, 0.1) is 0 Å². The van der Waals surface area contributed by atoms with Crippen LogP contribution >= 0.6 is 0 Å². The SMILES string of the molecule is CC(=O)O[C@H]1O[C@H](COc2c(F)c(F)nc(F)c2F)[C@@H](OC(C)=O)[C@H](OC(C)=O)[C@@H]1OC(C)=O. The maximum atomic E-state index is 13.9. The van der Waals surface area contributed by atoms with Crippen LogP contribution in [0.25, 0.3) is 0 Å². The standard InChI is InChI=1S/C19H19F4NO10/c1-6(25)30-13-10(5-29-14-11(20)17(22)24-18(23)12(14)21)34-19(33-9(4)28)16(32-8(3)27)15(13)31-7(2)26/h10,13,15-16,19H,5H2,1-4H3/t10-,13-,15+,16+,19+/m1/s1. The maximum Gasteiger partial charge on any atom is 0.305 e. The Labute approximate surface area is 189 Å². The molecule has 0 radical (unpaired) electrons. The first-order valence-electron chi connectivity index (χ1n) is 9.48. The van der Waals surface area contributed by atoms with Gasteiger partial charge in [0, 0.05) is 27.7 Å². The van der Waals surface area contributed by atoms with Crippen LogP contribution in [0, 0.1) is 23.5 Å². The van der Waals surface area contributed by atoms with E-state index in [-0.39, 0.29) is 0 Å². The Hall–Kier alpha value is -3.49. The fraction of sp³-hybridized carbons (Fsp3) is 0.526. The number of nitrogens with zero attached hydrogens (tertiary/aromatic N) is 1. The number of carbonyl (C=O) groups is 4. The van der Waals surface area contributed by atoms with E-state index in [0.717, 1.165) is 27.7 Å². The second kappa shape index (κ2) is 11.1. The molecule has 0 unspecified atom stereocenters. The van der Waals surface area contributed by atoms with Crippen LogP contribution in [0.5, 0.6) is 5.75 Å². The third-order valence-corrected chi connectivity index (χ3v) is 4.13. The van der Waals surface area contributed by atoms with Gasteiger partial charge in [0.25, 0.3) is 11.9 Å². The molecule has 15 heteroatoms. The number of hydrogen-bond acceptors (Lipinski definition) is 11. The van der Waals surface area contributed by atoms with Crippen LogP contribution in [0.2, 0.25) is 0 Å². The number of esters is 4. The zero-order chi connectivity index (χ0) is 25.7. The lowest BCUT2D eigenvalue weighted by Gasteiger charge is -2.43. The first-order valence-corrected chi connectivity index (χ1v) is 9.48. The van der Waals surface area contributed by atoms with Gasteiger partial charge in [0.15, 0.2) is 12.2 Å². The van der Waals surface area contributed by atoms with E-state index in [1.54, 1.807) is 0 Å². The predicted octanol–water partition coefficient (Wildman–Crippen LogP) is 1.10. The molecule has 1 saturated heterocycles. The first-order chi connectivity index (χ1) is 15.8. The van der Waals surface area contributed by atoms with Gasteiger partial charge in [0.1, 0.15) is 12.7 Å². The highest BCUT2D eigenvalue weighted by Gasteiger charge is 2.53. The summed E-state index contributed by atoms with van der Waals surface area (Å²) < 4.78 is 85.0. The van der Waals surface area contributed by atoms with Crippen LogP contribution in [0.4, 0.5) is 17.6 Å². The third kappa shape index (κ3) is 6.52. The fourth-order valence-corrected chi connectivity index (χ4v) is 3.01. The van der Waals surface area contributed by atoms with Gasteiger partial charge < -0.3 is 28.4 Å². The molecule has 5 atom stereocenters. The molecule has 1 aliphatic heterocycles. The minimum absolute atomic E-state index is 0.925. The lowest BCUT2D eigenvalue weighted by Crippen LogP contribution is -2.63. The molecule has 1 aliphatic rings. The summed E-state index contributed by atoms with van der Waals surface area (Å²) in [7, 11) is 0.